The summed E-state index contributed by atoms with van der Waals surface area (Å²) < 4.78 is 27.4. The van der Waals surface area contributed by atoms with Gasteiger partial charge in [-0.05, 0) is 18.1 Å². The Kier molecular flexibility index (Phi) is 5.18. The summed E-state index contributed by atoms with van der Waals surface area (Å²) in [6.07, 6.45) is 1.12. The lowest BCUT2D eigenvalue weighted by Crippen LogP contribution is -2.35. The minimum absolute atomic E-state index is 0.0153. The van der Waals surface area contributed by atoms with Crippen LogP contribution in [0, 0.1) is 17.6 Å². The summed E-state index contributed by atoms with van der Waals surface area (Å²) in [4.78, 5) is 23.5. The highest BCUT2D eigenvalue weighted by atomic mass is 35.5. The maximum absolute atomic E-state index is 13.8. The van der Waals surface area contributed by atoms with Gasteiger partial charge in [0.15, 0.2) is 5.82 Å². The largest absolute Gasteiger partial charge is 0.480 e. The van der Waals surface area contributed by atoms with Gasteiger partial charge in [-0.2, -0.15) is 9.78 Å². The first-order valence-electron chi connectivity index (χ1n) is 6.95. The predicted octanol–water partition coefficient (Wildman–Crippen LogP) is 2.69. The molecule has 2 N–H and O–H groups in total. The molecule has 0 fully saturated rings. The fraction of sp³-hybridized carbons (Fsp3) is 0.267. The van der Waals surface area contributed by atoms with Crippen LogP contribution < -0.4 is 10.9 Å². The van der Waals surface area contributed by atoms with Crippen LogP contribution in [0.3, 0.4) is 0 Å². The normalized spacial score (nSPS) is 12.2. The van der Waals surface area contributed by atoms with Crippen molar-refractivity contribution in [3.63, 3.8) is 0 Å². The van der Waals surface area contributed by atoms with Crippen LogP contribution in [0.4, 0.5) is 14.5 Å². The molecule has 6 nitrogen and oxygen atoms in total. The lowest BCUT2D eigenvalue weighted by atomic mass is 10.0. The molecule has 0 aliphatic rings. The molecule has 9 heteroatoms. The van der Waals surface area contributed by atoms with Crippen LogP contribution in [-0.2, 0) is 4.79 Å². The second kappa shape index (κ2) is 6.96. The third-order valence-corrected chi connectivity index (χ3v) is 3.67. The molecule has 0 amide bonds. The molecule has 128 valence electrons. The molecule has 24 heavy (non-hydrogen) atoms. The van der Waals surface area contributed by atoms with E-state index in [2.05, 4.69) is 10.4 Å². The summed E-state index contributed by atoms with van der Waals surface area (Å²) in [5.41, 5.74) is -1.12. The van der Waals surface area contributed by atoms with Gasteiger partial charge in [-0.25, -0.2) is 13.6 Å². The zero-order chi connectivity index (χ0) is 18.0. The number of benzene rings is 1. The number of carboxylic acid groups (broad SMARTS) is 1. The van der Waals surface area contributed by atoms with Crippen LogP contribution in [0.5, 0.6) is 0 Å². The number of aromatic nitrogens is 2. The number of carbonyl (C=O) groups is 1. The summed E-state index contributed by atoms with van der Waals surface area (Å²) in [5, 5.41) is 15.2. The number of anilines is 1. The molecular formula is C15H14ClF2N3O3. The molecule has 1 heterocycles. The minimum Gasteiger partial charge on any atom is -0.480 e. The maximum atomic E-state index is 13.8. The van der Waals surface area contributed by atoms with Crippen LogP contribution in [0.25, 0.3) is 5.69 Å². The molecule has 1 aromatic carbocycles. The van der Waals surface area contributed by atoms with Crippen molar-refractivity contribution in [1.29, 1.82) is 0 Å². The highest BCUT2D eigenvalue weighted by Crippen LogP contribution is 2.20. The smallest absolute Gasteiger partial charge is 0.326 e. The number of nitrogens with one attached hydrogen (secondary N) is 1. The summed E-state index contributed by atoms with van der Waals surface area (Å²) >= 11 is 5.96. The zero-order valence-corrected chi connectivity index (χ0v) is 13.5. The number of rotatable bonds is 5. The SMILES string of the molecule is CC(C)[C@@H](Nc1cnn(-c2ccc(F)cc2F)c(=O)c1Cl)C(=O)O. The van der Waals surface area contributed by atoms with E-state index in [-0.39, 0.29) is 22.3 Å². The third-order valence-electron chi connectivity index (χ3n) is 3.30. The van der Waals surface area contributed by atoms with Gasteiger partial charge in [0.2, 0.25) is 0 Å². The number of hydrogen-bond donors (Lipinski definition) is 2. The lowest BCUT2D eigenvalue weighted by Gasteiger charge is -2.19. The number of nitrogens with zero attached hydrogens (tertiary/aromatic N) is 2. The van der Waals surface area contributed by atoms with Gasteiger partial charge in [0.1, 0.15) is 22.6 Å². The number of aliphatic carboxylic acids is 1. The molecule has 0 saturated heterocycles. The van der Waals surface area contributed by atoms with Crippen molar-refractivity contribution in [3.05, 3.63) is 51.4 Å². The minimum atomic E-state index is -1.12. The highest BCUT2D eigenvalue weighted by molar-refractivity contribution is 6.33. The molecule has 0 saturated carbocycles. The Hall–Kier alpha value is -2.48. The topological polar surface area (TPSA) is 84.2 Å². The van der Waals surface area contributed by atoms with Crippen LogP contribution >= 0.6 is 11.6 Å². The van der Waals surface area contributed by atoms with Crippen LogP contribution in [0.2, 0.25) is 5.02 Å². The van der Waals surface area contributed by atoms with E-state index >= 15 is 0 Å². The molecule has 1 atom stereocenters. The number of carboxylic acids is 1. The molecule has 0 bridgehead atoms. The first-order chi connectivity index (χ1) is 11.2. The van der Waals surface area contributed by atoms with Crippen molar-refractivity contribution in [3.8, 4) is 5.69 Å². The van der Waals surface area contributed by atoms with E-state index in [0.717, 1.165) is 18.3 Å². The monoisotopic (exact) mass is 357 g/mol. The van der Waals surface area contributed by atoms with Gasteiger partial charge in [-0.15, -0.1) is 0 Å². The summed E-state index contributed by atoms with van der Waals surface area (Å²) in [6, 6.07) is 1.66. The first-order valence-corrected chi connectivity index (χ1v) is 7.32. The van der Waals surface area contributed by atoms with E-state index in [1.54, 1.807) is 13.8 Å². The number of hydrogen-bond acceptors (Lipinski definition) is 4. The molecule has 2 rings (SSSR count). The van der Waals surface area contributed by atoms with Gasteiger partial charge in [-0.3, -0.25) is 4.79 Å². The third kappa shape index (κ3) is 3.53. The molecule has 0 spiro atoms. The molecule has 0 aliphatic heterocycles. The lowest BCUT2D eigenvalue weighted by molar-refractivity contribution is -0.138. The molecular weight excluding hydrogens is 344 g/mol. The van der Waals surface area contributed by atoms with Crippen LogP contribution in [0.15, 0.2) is 29.2 Å². The summed E-state index contributed by atoms with van der Waals surface area (Å²) in [5.74, 6) is -3.17. The van der Waals surface area contributed by atoms with Gasteiger partial charge in [0.25, 0.3) is 5.56 Å². The standard InChI is InChI=1S/C15H14ClF2N3O3/c1-7(2)13(15(23)24)20-10-6-19-21(14(22)12(10)16)11-4-3-8(17)5-9(11)18/h3-7,13,20H,1-2H3,(H,23,24)/t13-/m1/s1. The molecule has 0 radical (unpaired) electrons. The fourth-order valence-electron chi connectivity index (χ4n) is 2.04. The van der Waals surface area contributed by atoms with Gasteiger partial charge < -0.3 is 10.4 Å². The Morgan fingerprint density at radius 1 is 1.38 bits per heavy atom. The van der Waals surface area contributed by atoms with E-state index in [1.807, 2.05) is 0 Å². The van der Waals surface area contributed by atoms with E-state index in [4.69, 9.17) is 16.7 Å². The second-order valence-corrected chi connectivity index (χ2v) is 5.77. The summed E-state index contributed by atoms with van der Waals surface area (Å²) in [6.45, 7) is 3.37. The second-order valence-electron chi connectivity index (χ2n) is 5.39. The quantitative estimate of drug-likeness (QED) is 0.859. The van der Waals surface area contributed by atoms with E-state index in [0.29, 0.717) is 10.7 Å². The summed E-state index contributed by atoms with van der Waals surface area (Å²) in [7, 11) is 0. The first kappa shape index (κ1) is 17.9. The van der Waals surface area contributed by atoms with Crippen molar-refractivity contribution in [2.24, 2.45) is 5.92 Å². The average molecular weight is 358 g/mol. The Balaban J connectivity index is 2.46. The molecule has 0 unspecified atom stereocenters. The van der Waals surface area contributed by atoms with E-state index in [1.165, 1.54) is 0 Å². The van der Waals surface area contributed by atoms with Gasteiger partial charge in [0.05, 0.1) is 11.9 Å². The highest BCUT2D eigenvalue weighted by Gasteiger charge is 2.23. The van der Waals surface area contributed by atoms with Gasteiger partial charge >= 0.3 is 5.97 Å². The fourth-order valence-corrected chi connectivity index (χ4v) is 2.22. The van der Waals surface area contributed by atoms with Gasteiger partial charge in [0, 0.05) is 6.07 Å². The van der Waals surface area contributed by atoms with Crippen molar-refractivity contribution >= 4 is 23.3 Å². The number of halogens is 3. The Bertz CT molecular complexity index is 839. The Labute approximate surface area is 140 Å². The van der Waals surface area contributed by atoms with E-state index < -0.39 is 29.2 Å². The zero-order valence-electron chi connectivity index (χ0n) is 12.8. The van der Waals surface area contributed by atoms with Gasteiger partial charge in [-0.1, -0.05) is 25.4 Å². The Morgan fingerprint density at radius 3 is 2.58 bits per heavy atom. The van der Waals surface area contributed by atoms with Crippen molar-refractivity contribution < 1.29 is 18.7 Å². The van der Waals surface area contributed by atoms with Crippen molar-refractivity contribution in [1.82, 2.24) is 9.78 Å². The van der Waals surface area contributed by atoms with Crippen molar-refractivity contribution in [2.45, 2.75) is 19.9 Å². The molecule has 1 aromatic heterocycles. The van der Waals surface area contributed by atoms with Crippen LogP contribution in [0.1, 0.15) is 13.8 Å². The van der Waals surface area contributed by atoms with E-state index in [9.17, 15) is 18.4 Å². The average Bonchev–Trinajstić information content (AvgIpc) is 2.49. The molecule has 0 aliphatic carbocycles. The van der Waals surface area contributed by atoms with Crippen molar-refractivity contribution in [2.75, 3.05) is 5.32 Å². The maximum Gasteiger partial charge on any atom is 0.326 e. The molecule has 2 aromatic rings. The predicted molar refractivity (Wildman–Crippen MR) is 84.6 cm³/mol. The Morgan fingerprint density at radius 2 is 2.04 bits per heavy atom. The van der Waals surface area contributed by atoms with Crippen LogP contribution in [-0.4, -0.2) is 26.9 Å².